The summed E-state index contributed by atoms with van der Waals surface area (Å²) in [5.41, 5.74) is 2.27. The topological polar surface area (TPSA) is 0 Å². The molecule has 0 spiro atoms. The van der Waals surface area contributed by atoms with Crippen LogP contribution >= 0.6 is 11.3 Å². The van der Waals surface area contributed by atoms with Crippen LogP contribution in [0.5, 0.6) is 0 Å². The molecule has 2 rings (SSSR count). The van der Waals surface area contributed by atoms with Crippen molar-refractivity contribution in [2.45, 2.75) is 20.3 Å². The molecule has 0 unspecified atom stereocenters. The second kappa shape index (κ2) is 4.34. The maximum Gasteiger partial charge on any atom is 0.162 e. The van der Waals surface area contributed by atoms with Crippen molar-refractivity contribution in [3.63, 3.8) is 0 Å². The summed E-state index contributed by atoms with van der Waals surface area (Å²) < 4.78 is 26.7. The fourth-order valence-electron chi connectivity index (χ4n) is 1.86. The Kier molecular flexibility index (Phi) is 3.06. The number of aryl methyl sites for hydroxylation is 1. The van der Waals surface area contributed by atoms with Gasteiger partial charge in [0.15, 0.2) is 11.6 Å². The molecule has 0 nitrogen and oxygen atoms in total. The zero-order valence-electron chi connectivity index (χ0n) is 9.18. The highest BCUT2D eigenvalue weighted by Crippen LogP contribution is 2.32. The van der Waals surface area contributed by atoms with Crippen molar-refractivity contribution in [3.8, 4) is 11.1 Å². The van der Waals surface area contributed by atoms with Gasteiger partial charge in [-0.25, -0.2) is 8.78 Å². The van der Waals surface area contributed by atoms with Crippen LogP contribution in [-0.4, -0.2) is 0 Å². The van der Waals surface area contributed by atoms with Gasteiger partial charge in [-0.2, -0.15) is 0 Å². The van der Waals surface area contributed by atoms with Gasteiger partial charge < -0.3 is 0 Å². The van der Waals surface area contributed by atoms with Gasteiger partial charge in [-0.05, 0) is 47.5 Å². The van der Waals surface area contributed by atoms with Gasteiger partial charge in [0.25, 0.3) is 0 Å². The summed E-state index contributed by atoms with van der Waals surface area (Å²) in [6.07, 6.45) is 0.494. The standard InChI is InChI=1S/C13H12F2S/c1-3-9-11(4-5-12(14)13(9)15)10-6-7-16-8(10)2/h4-7H,3H2,1-2H3. The molecule has 16 heavy (non-hydrogen) atoms. The Morgan fingerprint density at radius 1 is 1.12 bits per heavy atom. The minimum absolute atomic E-state index is 0.460. The Hall–Kier alpha value is -1.22. The Morgan fingerprint density at radius 2 is 1.88 bits per heavy atom. The third kappa shape index (κ3) is 1.76. The number of halogens is 2. The molecule has 3 heteroatoms. The summed E-state index contributed by atoms with van der Waals surface area (Å²) in [6.45, 7) is 3.82. The average Bonchev–Trinajstić information content (AvgIpc) is 2.68. The quantitative estimate of drug-likeness (QED) is 0.719. The molecule has 1 aromatic carbocycles. The molecule has 0 saturated heterocycles. The van der Waals surface area contributed by atoms with Gasteiger partial charge in [0.05, 0.1) is 0 Å². The molecule has 0 fully saturated rings. The third-order valence-electron chi connectivity index (χ3n) is 2.70. The average molecular weight is 238 g/mol. The van der Waals surface area contributed by atoms with Crippen LogP contribution in [0.3, 0.4) is 0 Å². The minimum Gasteiger partial charge on any atom is -0.204 e. The predicted molar refractivity (Wildman–Crippen MR) is 63.8 cm³/mol. The lowest BCUT2D eigenvalue weighted by atomic mass is 9.98. The van der Waals surface area contributed by atoms with Gasteiger partial charge in [0.2, 0.25) is 0 Å². The molecule has 0 amide bonds. The molecule has 0 bridgehead atoms. The first-order valence-electron chi connectivity index (χ1n) is 5.16. The lowest BCUT2D eigenvalue weighted by Gasteiger charge is -2.09. The van der Waals surface area contributed by atoms with E-state index in [0.29, 0.717) is 12.0 Å². The molecule has 0 atom stereocenters. The Balaban J connectivity index is 2.66. The highest BCUT2D eigenvalue weighted by atomic mass is 32.1. The highest BCUT2D eigenvalue weighted by molar-refractivity contribution is 7.10. The van der Waals surface area contributed by atoms with E-state index in [0.717, 1.165) is 16.0 Å². The van der Waals surface area contributed by atoms with Crippen molar-refractivity contribution < 1.29 is 8.78 Å². The summed E-state index contributed by atoms with van der Waals surface area (Å²) in [5.74, 6) is -1.49. The Morgan fingerprint density at radius 3 is 2.44 bits per heavy atom. The van der Waals surface area contributed by atoms with Crippen LogP contribution in [0.2, 0.25) is 0 Å². The van der Waals surface area contributed by atoms with Crippen LogP contribution < -0.4 is 0 Å². The maximum atomic E-state index is 13.6. The summed E-state index contributed by atoms with van der Waals surface area (Å²) >= 11 is 1.61. The SMILES string of the molecule is CCc1c(-c2ccsc2C)ccc(F)c1F. The minimum atomic E-state index is -0.770. The molecular formula is C13H12F2S. The van der Waals surface area contributed by atoms with Gasteiger partial charge in [-0.3, -0.25) is 0 Å². The van der Waals surface area contributed by atoms with Crippen LogP contribution in [0.1, 0.15) is 17.4 Å². The lowest BCUT2D eigenvalue weighted by molar-refractivity contribution is 0.500. The lowest BCUT2D eigenvalue weighted by Crippen LogP contribution is -1.96. The first-order chi connectivity index (χ1) is 7.65. The van der Waals surface area contributed by atoms with Crippen LogP contribution in [0, 0.1) is 18.6 Å². The monoisotopic (exact) mass is 238 g/mol. The second-order valence-electron chi connectivity index (χ2n) is 3.63. The van der Waals surface area contributed by atoms with E-state index in [2.05, 4.69) is 0 Å². The summed E-state index contributed by atoms with van der Waals surface area (Å²) in [7, 11) is 0. The summed E-state index contributed by atoms with van der Waals surface area (Å²) in [6, 6.07) is 4.80. The predicted octanol–water partition coefficient (Wildman–Crippen LogP) is 4.56. The van der Waals surface area contributed by atoms with E-state index < -0.39 is 11.6 Å². The first-order valence-corrected chi connectivity index (χ1v) is 6.04. The van der Waals surface area contributed by atoms with Crippen molar-refractivity contribution in [1.82, 2.24) is 0 Å². The molecule has 0 aliphatic carbocycles. The molecule has 1 aromatic heterocycles. The number of hydrogen-bond acceptors (Lipinski definition) is 1. The van der Waals surface area contributed by atoms with Crippen molar-refractivity contribution in [2.75, 3.05) is 0 Å². The molecule has 0 aliphatic rings. The van der Waals surface area contributed by atoms with E-state index in [-0.39, 0.29) is 0 Å². The van der Waals surface area contributed by atoms with Crippen LogP contribution in [0.4, 0.5) is 8.78 Å². The van der Waals surface area contributed by atoms with Gasteiger partial charge in [-0.15, -0.1) is 11.3 Å². The smallest absolute Gasteiger partial charge is 0.162 e. The molecule has 0 radical (unpaired) electrons. The van der Waals surface area contributed by atoms with E-state index in [9.17, 15) is 8.78 Å². The van der Waals surface area contributed by atoms with E-state index in [1.807, 2.05) is 25.3 Å². The number of thiophene rings is 1. The van der Waals surface area contributed by atoms with Crippen LogP contribution in [0.15, 0.2) is 23.6 Å². The Bertz CT molecular complexity index is 515. The maximum absolute atomic E-state index is 13.6. The van der Waals surface area contributed by atoms with E-state index in [1.165, 1.54) is 6.07 Å². The van der Waals surface area contributed by atoms with Gasteiger partial charge in [-0.1, -0.05) is 13.0 Å². The fraction of sp³-hybridized carbons (Fsp3) is 0.231. The van der Waals surface area contributed by atoms with Crippen molar-refractivity contribution in [1.29, 1.82) is 0 Å². The zero-order chi connectivity index (χ0) is 11.7. The molecule has 84 valence electrons. The van der Waals surface area contributed by atoms with Crippen molar-refractivity contribution in [2.24, 2.45) is 0 Å². The fourth-order valence-corrected chi connectivity index (χ4v) is 2.57. The molecule has 0 aliphatic heterocycles. The van der Waals surface area contributed by atoms with Crippen LogP contribution in [0.25, 0.3) is 11.1 Å². The van der Waals surface area contributed by atoms with Crippen LogP contribution in [-0.2, 0) is 6.42 Å². The Labute approximate surface area is 97.6 Å². The van der Waals surface area contributed by atoms with E-state index in [1.54, 1.807) is 17.4 Å². The van der Waals surface area contributed by atoms with Crippen molar-refractivity contribution >= 4 is 11.3 Å². The first kappa shape index (κ1) is 11.3. The third-order valence-corrected chi connectivity index (χ3v) is 3.54. The number of benzene rings is 1. The van der Waals surface area contributed by atoms with E-state index in [4.69, 9.17) is 0 Å². The molecular weight excluding hydrogens is 226 g/mol. The molecule has 0 saturated carbocycles. The molecule has 0 N–H and O–H groups in total. The largest absolute Gasteiger partial charge is 0.204 e. The van der Waals surface area contributed by atoms with E-state index >= 15 is 0 Å². The second-order valence-corrected chi connectivity index (χ2v) is 4.75. The summed E-state index contributed by atoms with van der Waals surface area (Å²) in [4.78, 5) is 1.13. The molecule has 1 heterocycles. The molecule has 2 aromatic rings. The normalized spacial score (nSPS) is 10.8. The highest BCUT2D eigenvalue weighted by Gasteiger charge is 2.14. The zero-order valence-corrected chi connectivity index (χ0v) is 10.00. The summed E-state index contributed by atoms with van der Waals surface area (Å²) in [5, 5.41) is 1.96. The van der Waals surface area contributed by atoms with Crippen molar-refractivity contribution in [3.05, 3.63) is 45.7 Å². The number of hydrogen-bond donors (Lipinski definition) is 0. The van der Waals surface area contributed by atoms with Gasteiger partial charge in [0.1, 0.15) is 0 Å². The van der Waals surface area contributed by atoms with Gasteiger partial charge in [0, 0.05) is 4.88 Å². The van der Waals surface area contributed by atoms with Gasteiger partial charge >= 0.3 is 0 Å². The number of rotatable bonds is 2.